The summed E-state index contributed by atoms with van der Waals surface area (Å²) in [6.07, 6.45) is 1.58. The van der Waals surface area contributed by atoms with Crippen LogP contribution in [0.25, 0.3) is 0 Å². The highest BCUT2D eigenvalue weighted by Gasteiger charge is 2.21. The lowest BCUT2D eigenvalue weighted by molar-refractivity contribution is -0.113. The van der Waals surface area contributed by atoms with E-state index < -0.39 is 0 Å². The van der Waals surface area contributed by atoms with Crippen molar-refractivity contribution in [2.24, 2.45) is 5.92 Å². The topological polar surface area (TPSA) is 56.1 Å². The Morgan fingerprint density at radius 2 is 2.67 bits per heavy atom. The number of fused-ring (bicyclic) bond motifs is 1. The van der Waals surface area contributed by atoms with Crippen LogP contribution in [0.2, 0.25) is 0 Å². The van der Waals surface area contributed by atoms with Crippen molar-refractivity contribution >= 4 is 23.2 Å². The molecule has 0 aromatic carbocycles. The first kappa shape index (κ1) is 10.3. The van der Waals surface area contributed by atoms with Crippen LogP contribution in [0.3, 0.4) is 0 Å². The van der Waals surface area contributed by atoms with E-state index in [1.54, 1.807) is 10.9 Å². The van der Waals surface area contributed by atoms with Crippen LogP contribution in [0.15, 0.2) is 6.20 Å². The molecule has 1 N–H and O–H groups in total. The minimum absolute atomic E-state index is 0.0684. The van der Waals surface area contributed by atoms with E-state index in [1.807, 2.05) is 0 Å². The van der Waals surface area contributed by atoms with E-state index in [4.69, 9.17) is 16.3 Å². The lowest BCUT2D eigenvalue weighted by Gasteiger charge is -2.21. The predicted molar refractivity (Wildman–Crippen MR) is 56.2 cm³/mol. The highest BCUT2D eigenvalue weighted by molar-refractivity contribution is 6.29. The average Bonchev–Trinajstić information content (AvgIpc) is 2.60. The molecular weight excluding hydrogens is 218 g/mol. The monoisotopic (exact) mass is 229 g/mol. The maximum absolute atomic E-state index is 11.1. The van der Waals surface area contributed by atoms with Gasteiger partial charge in [-0.3, -0.25) is 4.79 Å². The number of amides is 1. The van der Waals surface area contributed by atoms with Crippen molar-refractivity contribution < 1.29 is 9.53 Å². The van der Waals surface area contributed by atoms with Crippen LogP contribution in [0.4, 0.5) is 5.69 Å². The van der Waals surface area contributed by atoms with Gasteiger partial charge in [-0.2, -0.15) is 5.10 Å². The van der Waals surface area contributed by atoms with E-state index in [1.165, 1.54) is 0 Å². The molecule has 0 saturated heterocycles. The van der Waals surface area contributed by atoms with Gasteiger partial charge in [-0.1, -0.05) is 6.92 Å². The standard InChI is InChI=1S/C9H12ClN3O2/c1-6-4-13-9(15-5-6)7(3-11-13)12-8(14)2-10/h3,6H,2,4-5H2,1H3,(H,12,14). The number of ether oxygens (including phenoxy) is 1. The molecule has 0 fully saturated rings. The molecule has 15 heavy (non-hydrogen) atoms. The van der Waals surface area contributed by atoms with E-state index in [9.17, 15) is 4.79 Å². The zero-order valence-corrected chi connectivity index (χ0v) is 9.12. The first-order valence-corrected chi connectivity index (χ1v) is 5.28. The summed E-state index contributed by atoms with van der Waals surface area (Å²) in [6.45, 7) is 3.54. The largest absolute Gasteiger partial charge is 0.476 e. The first-order chi connectivity index (χ1) is 7.20. The van der Waals surface area contributed by atoms with Crippen molar-refractivity contribution in [3.8, 4) is 5.88 Å². The number of rotatable bonds is 2. The van der Waals surface area contributed by atoms with E-state index in [0.717, 1.165) is 6.54 Å². The summed E-state index contributed by atoms with van der Waals surface area (Å²) in [6, 6.07) is 0. The molecule has 2 heterocycles. The van der Waals surface area contributed by atoms with Gasteiger partial charge in [0.1, 0.15) is 11.6 Å². The fraction of sp³-hybridized carbons (Fsp3) is 0.556. The Kier molecular flexibility index (Phi) is 2.81. The number of nitrogens with one attached hydrogen (secondary N) is 1. The van der Waals surface area contributed by atoms with Crippen LogP contribution in [0.5, 0.6) is 5.88 Å². The number of hydrogen-bond donors (Lipinski definition) is 1. The maximum atomic E-state index is 11.1. The Balaban J connectivity index is 2.17. The van der Waals surface area contributed by atoms with Gasteiger partial charge in [0.05, 0.1) is 19.3 Å². The molecular formula is C9H12ClN3O2. The van der Waals surface area contributed by atoms with Crippen LogP contribution in [-0.4, -0.2) is 28.2 Å². The molecule has 0 spiro atoms. The number of anilines is 1. The molecule has 0 aliphatic carbocycles. The van der Waals surface area contributed by atoms with Crippen molar-refractivity contribution in [3.63, 3.8) is 0 Å². The Labute approximate surface area is 92.4 Å². The summed E-state index contributed by atoms with van der Waals surface area (Å²) in [5.74, 6) is 0.733. The molecule has 2 rings (SSSR count). The summed E-state index contributed by atoms with van der Waals surface area (Å²) >= 11 is 5.40. The lowest BCUT2D eigenvalue weighted by Crippen LogP contribution is -2.24. The second kappa shape index (κ2) is 4.10. The number of carbonyl (C=O) groups is 1. The third kappa shape index (κ3) is 2.07. The first-order valence-electron chi connectivity index (χ1n) is 4.75. The Morgan fingerprint density at radius 1 is 1.87 bits per heavy atom. The van der Waals surface area contributed by atoms with Crippen molar-refractivity contribution in [1.82, 2.24) is 9.78 Å². The molecule has 5 nitrogen and oxygen atoms in total. The number of carbonyl (C=O) groups excluding carboxylic acids is 1. The molecule has 82 valence electrons. The molecule has 0 radical (unpaired) electrons. The fourth-order valence-electron chi connectivity index (χ4n) is 1.49. The molecule has 1 amide bonds. The molecule has 0 saturated carbocycles. The summed E-state index contributed by atoms with van der Waals surface area (Å²) in [4.78, 5) is 11.1. The van der Waals surface area contributed by atoms with Gasteiger partial charge in [0, 0.05) is 5.92 Å². The van der Waals surface area contributed by atoms with Gasteiger partial charge in [0.15, 0.2) is 0 Å². The quantitative estimate of drug-likeness (QED) is 0.773. The third-order valence-electron chi connectivity index (χ3n) is 2.18. The second-order valence-electron chi connectivity index (χ2n) is 3.64. The normalized spacial score (nSPS) is 19.2. The number of hydrogen-bond acceptors (Lipinski definition) is 3. The molecule has 1 aliphatic rings. The van der Waals surface area contributed by atoms with E-state index >= 15 is 0 Å². The summed E-state index contributed by atoms with van der Waals surface area (Å²) in [5, 5.41) is 6.76. The lowest BCUT2D eigenvalue weighted by atomic mass is 10.2. The number of aromatic nitrogens is 2. The minimum atomic E-state index is -0.255. The molecule has 1 aliphatic heterocycles. The van der Waals surface area contributed by atoms with Crippen molar-refractivity contribution in [2.75, 3.05) is 17.8 Å². The molecule has 1 atom stereocenters. The van der Waals surface area contributed by atoms with Crippen LogP contribution >= 0.6 is 11.6 Å². The highest BCUT2D eigenvalue weighted by atomic mass is 35.5. The molecule has 0 bridgehead atoms. The van der Waals surface area contributed by atoms with Gasteiger partial charge in [-0.25, -0.2) is 4.68 Å². The molecule has 6 heteroatoms. The van der Waals surface area contributed by atoms with Crippen LogP contribution in [0, 0.1) is 5.92 Å². The van der Waals surface area contributed by atoms with E-state index in [2.05, 4.69) is 17.3 Å². The van der Waals surface area contributed by atoms with Gasteiger partial charge >= 0.3 is 0 Å². The fourth-order valence-corrected chi connectivity index (χ4v) is 1.56. The summed E-state index contributed by atoms with van der Waals surface area (Å²) in [5.41, 5.74) is 0.590. The van der Waals surface area contributed by atoms with Gasteiger partial charge in [-0.15, -0.1) is 11.6 Å². The number of alkyl halides is 1. The smallest absolute Gasteiger partial charge is 0.239 e. The second-order valence-corrected chi connectivity index (χ2v) is 3.91. The average molecular weight is 230 g/mol. The van der Waals surface area contributed by atoms with Gasteiger partial charge < -0.3 is 10.1 Å². The van der Waals surface area contributed by atoms with E-state index in [0.29, 0.717) is 24.1 Å². The van der Waals surface area contributed by atoms with Crippen LogP contribution in [-0.2, 0) is 11.3 Å². The van der Waals surface area contributed by atoms with E-state index in [-0.39, 0.29) is 11.8 Å². The van der Waals surface area contributed by atoms with Crippen molar-refractivity contribution in [3.05, 3.63) is 6.20 Å². The molecule has 1 aromatic heterocycles. The minimum Gasteiger partial charge on any atom is -0.476 e. The molecule has 1 unspecified atom stereocenters. The predicted octanol–water partition coefficient (Wildman–Crippen LogP) is 1.09. The highest BCUT2D eigenvalue weighted by Crippen LogP contribution is 2.28. The maximum Gasteiger partial charge on any atom is 0.239 e. The third-order valence-corrected chi connectivity index (χ3v) is 2.42. The number of nitrogens with zero attached hydrogens (tertiary/aromatic N) is 2. The van der Waals surface area contributed by atoms with Crippen LogP contribution < -0.4 is 10.1 Å². The van der Waals surface area contributed by atoms with Gasteiger partial charge in [0.25, 0.3) is 0 Å². The van der Waals surface area contributed by atoms with Gasteiger partial charge in [-0.05, 0) is 0 Å². The SMILES string of the molecule is CC1COc2c(NC(=O)CCl)cnn2C1. The zero-order valence-electron chi connectivity index (χ0n) is 8.36. The number of halogens is 1. The van der Waals surface area contributed by atoms with Crippen LogP contribution in [0.1, 0.15) is 6.92 Å². The summed E-state index contributed by atoms with van der Waals surface area (Å²) in [7, 11) is 0. The Hall–Kier alpha value is -1.23. The summed E-state index contributed by atoms with van der Waals surface area (Å²) < 4.78 is 7.24. The van der Waals surface area contributed by atoms with Gasteiger partial charge in [0.2, 0.25) is 11.8 Å². The Bertz CT molecular complexity index is 377. The molecule has 1 aromatic rings. The zero-order chi connectivity index (χ0) is 10.8. The van der Waals surface area contributed by atoms with Crippen molar-refractivity contribution in [2.45, 2.75) is 13.5 Å². The van der Waals surface area contributed by atoms with Crippen molar-refractivity contribution in [1.29, 1.82) is 0 Å². The Morgan fingerprint density at radius 3 is 3.40 bits per heavy atom.